The van der Waals surface area contributed by atoms with Gasteiger partial charge in [0.25, 0.3) is 0 Å². The third kappa shape index (κ3) is 2.74. The molecule has 0 saturated heterocycles. The second-order valence-corrected chi connectivity index (χ2v) is 6.66. The van der Waals surface area contributed by atoms with Crippen LogP contribution in [0.15, 0.2) is 28.7 Å². The van der Waals surface area contributed by atoms with Crippen molar-refractivity contribution in [2.75, 3.05) is 6.54 Å². The zero-order chi connectivity index (χ0) is 12.5. The highest BCUT2D eigenvalue weighted by molar-refractivity contribution is 9.10. The monoisotopic (exact) mass is 295 g/mol. The van der Waals surface area contributed by atoms with Gasteiger partial charge in [0.2, 0.25) is 0 Å². The van der Waals surface area contributed by atoms with Gasteiger partial charge in [-0.2, -0.15) is 0 Å². The summed E-state index contributed by atoms with van der Waals surface area (Å²) in [5.74, 6) is 0.857. The second-order valence-electron chi connectivity index (χ2n) is 5.81. The van der Waals surface area contributed by atoms with Crippen LogP contribution in [0.25, 0.3) is 0 Å². The van der Waals surface area contributed by atoms with Crippen LogP contribution in [-0.4, -0.2) is 12.6 Å². The van der Waals surface area contributed by atoms with E-state index in [2.05, 4.69) is 66.3 Å². The Labute approximate surface area is 113 Å². The molecule has 0 atom stereocenters. The Morgan fingerprint density at radius 1 is 1.35 bits per heavy atom. The lowest BCUT2D eigenvalue weighted by atomic mass is 9.59. The Bertz CT molecular complexity index is 380. The van der Waals surface area contributed by atoms with E-state index in [0.717, 1.165) is 12.5 Å². The molecule has 2 heteroatoms. The van der Waals surface area contributed by atoms with E-state index < -0.39 is 0 Å². The average Bonchev–Trinajstić information content (AvgIpc) is 2.23. The largest absolute Gasteiger partial charge is 0.314 e. The lowest BCUT2D eigenvalue weighted by Gasteiger charge is -2.48. The Morgan fingerprint density at radius 2 is 2.00 bits per heavy atom. The van der Waals surface area contributed by atoms with E-state index in [1.165, 1.54) is 22.9 Å². The van der Waals surface area contributed by atoms with Gasteiger partial charge in [0.05, 0.1) is 0 Å². The third-order valence-electron chi connectivity index (χ3n) is 3.77. The van der Waals surface area contributed by atoms with E-state index in [1.807, 2.05) is 0 Å². The zero-order valence-corrected chi connectivity index (χ0v) is 12.5. The molecule has 94 valence electrons. The van der Waals surface area contributed by atoms with Crippen LogP contribution in [0.5, 0.6) is 0 Å². The number of benzene rings is 1. The van der Waals surface area contributed by atoms with Crippen LogP contribution in [0.2, 0.25) is 0 Å². The van der Waals surface area contributed by atoms with Crippen LogP contribution in [-0.2, 0) is 5.41 Å². The molecule has 0 spiro atoms. The van der Waals surface area contributed by atoms with Crippen molar-refractivity contribution < 1.29 is 0 Å². The highest BCUT2D eigenvalue weighted by Crippen LogP contribution is 2.49. The highest BCUT2D eigenvalue weighted by Gasteiger charge is 2.43. The summed E-state index contributed by atoms with van der Waals surface area (Å²) in [6.07, 6.45) is 2.60. The minimum Gasteiger partial charge on any atom is -0.314 e. The maximum atomic E-state index is 3.71. The van der Waals surface area contributed by atoms with E-state index in [9.17, 15) is 0 Å². The molecule has 1 fully saturated rings. The highest BCUT2D eigenvalue weighted by atomic mass is 79.9. The fraction of sp³-hybridized carbons (Fsp3) is 0.600. The first-order valence-electron chi connectivity index (χ1n) is 6.52. The predicted octanol–water partition coefficient (Wildman–Crippen LogP) is 4.11. The SMILES string of the molecule is CC1CC(CNC(C)C)(c2ccccc2Br)C1. The van der Waals surface area contributed by atoms with Gasteiger partial charge in [0.1, 0.15) is 0 Å². The van der Waals surface area contributed by atoms with Crippen molar-refractivity contribution in [2.45, 2.75) is 45.1 Å². The summed E-state index contributed by atoms with van der Waals surface area (Å²) in [6, 6.07) is 9.25. The molecule has 0 heterocycles. The van der Waals surface area contributed by atoms with Crippen LogP contribution in [0.4, 0.5) is 0 Å². The Kier molecular flexibility index (Phi) is 3.94. The van der Waals surface area contributed by atoms with E-state index in [0.29, 0.717) is 11.5 Å². The number of rotatable bonds is 4. The molecule has 1 N–H and O–H groups in total. The van der Waals surface area contributed by atoms with Gasteiger partial charge in [-0.15, -0.1) is 0 Å². The van der Waals surface area contributed by atoms with Crippen molar-refractivity contribution in [1.29, 1.82) is 0 Å². The Balaban J connectivity index is 2.20. The topological polar surface area (TPSA) is 12.0 Å². The van der Waals surface area contributed by atoms with Gasteiger partial charge >= 0.3 is 0 Å². The minimum absolute atomic E-state index is 0.351. The number of halogens is 1. The fourth-order valence-corrected chi connectivity index (χ4v) is 3.73. The third-order valence-corrected chi connectivity index (χ3v) is 4.46. The van der Waals surface area contributed by atoms with Crippen LogP contribution >= 0.6 is 15.9 Å². The average molecular weight is 296 g/mol. The normalized spacial score (nSPS) is 28.2. The first kappa shape index (κ1) is 13.1. The maximum Gasteiger partial charge on any atom is 0.0213 e. The van der Waals surface area contributed by atoms with E-state index in [4.69, 9.17) is 0 Å². The number of hydrogen-bond acceptors (Lipinski definition) is 1. The molecule has 1 aromatic carbocycles. The molecule has 0 bridgehead atoms. The number of nitrogens with one attached hydrogen (secondary N) is 1. The Morgan fingerprint density at radius 3 is 2.53 bits per heavy atom. The second kappa shape index (κ2) is 5.11. The van der Waals surface area contributed by atoms with Crippen molar-refractivity contribution in [2.24, 2.45) is 5.92 Å². The fourth-order valence-electron chi connectivity index (χ4n) is 3.02. The van der Waals surface area contributed by atoms with E-state index >= 15 is 0 Å². The van der Waals surface area contributed by atoms with E-state index in [-0.39, 0.29) is 0 Å². The Hall–Kier alpha value is -0.340. The van der Waals surface area contributed by atoms with Gasteiger partial charge in [-0.05, 0) is 30.4 Å². The molecule has 0 amide bonds. The summed E-state index contributed by atoms with van der Waals surface area (Å²) in [5.41, 5.74) is 1.83. The maximum absolute atomic E-state index is 3.71. The van der Waals surface area contributed by atoms with Gasteiger partial charge in [-0.1, -0.05) is 54.9 Å². The van der Waals surface area contributed by atoms with Crippen molar-refractivity contribution in [3.8, 4) is 0 Å². The molecule has 1 aliphatic carbocycles. The van der Waals surface area contributed by atoms with Crippen LogP contribution < -0.4 is 5.32 Å². The molecule has 1 aromatic rings. The van der Waals surface area contributed by atoms with Crippen molar-refractivity contribution in [3.05, 3.63) is 34.3 Å². The van der Waals surface area contributed by atoms with Crippen LogP contribution in [0.1, 0.15) is 39.2 Å². The number of hydrogen-bond donors (Lipinski definition) is 1. The summed E-state index contributed by atoms with van der Waals surface area (Å²) in [5, 5.41) is 3.61. The summed E-state index contributed by atoms with van der Waals surface area (Å²) < 4.78 is 1.26. The van der Waals surface area contributed by atoms with Gasteiger partial charge in [-0.25, -0.2) is 0 Å². The van der Waals surface area contributed by atoms with Gasteiger partial charge in [-0.3, -0.25) is 0 Å². The summed E-state index contributed by atoms with van der Waals surface area (Å²) in [4.78, 5) is 0. The first-order chi connectivity index (χ1) is 8.03. The molecule has 0 aromatic heterocycles. The standard InChI is InChI=1S/C15H22BrN/c1-11(2)17-10-15(8-12(3)9-15)13-6-4-5-7-14(13)16/h4-7,11-12,17H,8-10H2,1-3H3. The molecule has 1 nitrogen and oxygen atoms in total. The molecule has 2 rings (SSSR count). The van der Waals surface area contributed by atoms with Crippen LogP contribution in [0, 0.1) is 5.92 Å². The smallest absolute Gasteiger partial charge is 0.0213 e. The summed E-state index contributed by atoms with van der Waals surface area (Å²) in [7, 11) is 0. The lowest BCUT2D eigenvalue weighted by molar-refractivity contribution is 0.149. The first-order valence-corrected chi connectivity index (χ1v) is 7.31. The molecular weight excluding hydrogens is 274 g/mol. The molecule has 0 aliphatic heterocycles. The van der Waals surface area contributed by atoms with Gasteiger partial charge in [0.15, 0.2) is 0 Å². The lowest BCUT2D eigenvalue weighted by Crippen LogP contribution is -2.49. The molecular formula is C15H22BrN. The molecule has 0 unspecified atom stereocenters. The summed E-state index contributed by atoms with van der Waals surface area (Å²) >= 11 is 3.71. The quantitative estimate of drug-likeness (QED) is 0.881. The van der Waals surface area contributed by atoms with Gasteiger partial charge < -0.3 is 5.32 Å². The van der Waals surface area contributed by atoms with Gasteiger partial charge in [0, 0.05) is 22.5 Å². The van der Waals surface area contributed by atoms with Crippen LogP contribution in [0.3, 0.4) is 0 Å². The van der Waals surface area contributed by atoms with Crippen molar-refractivity contribution in [1.82, 2.24) is 5.32 Å². The molecule has 0 radical (unpaired) electrons. The minimum atomic E-state index is 0.351. The molecule has 17 heavy (non-hydrogen) atoms. The zero-order valence-electron chi connectivity index (χ0n) is 11.0. The predicted molar refractivity (Wildman–Crippen MR) is 77.4 cm³/mol. The van der Waals surface area contributed by atoms with Crippen molar-refractivity contribution in [3.63, 3.8) is 0 Å². The molecule has 1 saturated carbocycles. The van der Waals surface area contributed by atoms with Crippen molar-refractivity contribution >= 4 is 15.9 Å². The van der Waals surface area contributed by atoms with E-state index in [1.54, 1.807) is 0 Å². The molecule has 1 aliphatic rings. The summed E-state index contributed by atoms with van der Waals surface area (Å²) in [6.45, 7) is 7.88.